The smallest absolute Gasteiger partial charge is 0.374 e. The SMILES string of the molecule is CC(C)N1CCC(N2CC(COCc3cc(C(F)(F)F)cc(C(F)(F)F)c3)(c3ccc(F)cc3)NC2=O)CC1. The Morgan fingerprint density at radius 1 is 0.974 bits per heavy atom. The Labute approximate surface area is 221 Å². The first-order chi connectivity index (χ1) is 18.2. The minimum absolute atomic E-state index is 0.0554. The Hall–Kier alpha value is -2.86. The number of piperidine rings is 1. The summed E-state index contributed by atoms with van der Waals surface area (Å²) in [6.45, 7) is 5.16. The number of carbonyl (C=O) groups is 1. The van der Waals surface area contributed by atoms with Gasteiger partial charge in [0.15, 0.2) is 0 Å². The third-order valence-electron chi connectivity index (χ3n) is 7.38. The standard InChI is InChI=1S/C27H30F7N3O2/c1-17(2)36-9-7-23(8-10-36)37-15-25(35-24(37)38,19-3-5-22(28)6-4-19)16-39-14-18-11-20(26(29,30)31)13-21(12-18)27(32,33)34/h3-6,11-13,17,23H,7-10,14-16H2,1-2H3,(H,35,38). The highest BCUT2D eigenvalue weighted by Gasteiger charge is 2.47. The summed E-state index contributed by atoms with van der Waals surface area (Å²) in [7, 11) is 0. The van der Waals surface area contributed by atoms with E-state index >= 15 is 0 Å². The molecule has 5 nitrogen and oxygen atoms in total. The van der Waals surface area contributed by atoms with E-state index in [1.165, 1.54) is 24.3 Å². The zero-order valence-electron chi connectivity index (χ0n) is 21.5. The van der Waals surface area contributed by atoms with Crippen LogP contribution in [0.1, 0.15) is 48.9 Å². The van der Waals surface area contributed by atoms with Gasteiger partial charge in [-0.3, -0.25) is 0 Å². The second-order valence-electron chi connectivity index (χ2n) is 10.4. The lowest BCUT2D eigenvalue weighted by Gasteiger charge is -2.38. The number of rotatable bonds is 7. The molecule has 4 rings (SSSR count). The molecule has 1 atom stereocenters. The summed E-state index contributed by atoms with van der Waals surface area (Å²) in [6, 6.07) is 6.65. The number of alkyl halides is 6. The van der Waals surface area contributed by atoms with E-state index in [2.05, 4.69) is 24.1 Å². The maximum absolute atomic E-state index is 13.7. The van der Waals surface area contributed by atoms with Gasteiger partial charge in [-0.05, 0) is 68.1 Å². The van der Waals surface area contributed by atoms with Crippen molar-refractivity contribution in [3.05, 3.63) is 70.5 Å². The molecule has 2 aromatic carbocycles. The summed E-state index contributed by atoms with van der Waals surface area (Å²) in [6.07, 6.45) is -8.46. The van der Waals surface area contributed by atoms with Crippen molar-refractivity contribution in [2.75, 3.05) is 26.2 Å². The van der Waals surface area contributed by atoms with E-state index in [9.17, 15) is 35.5 Å². The zero-order valence-corrected chi connectivity index (χ0v) is 21.5. The molecular formula is C27H30F7N3O2. The number of ether oxygens (including phenoxy) is 1. The number of hydrogen-bond donors (Lipinski definition) is 1. The minimum Gasteiger partial charge on any atom is -0.374 e. The molecule has 2 aliphatic heterocycles. The van der Waals surface area contributed by atoms with E-state index in [1.54, 1.807) is 4.90 Å². The van der Waals surface area contributed by atoms with E-state index in [-0.39, 0.29) is 36.9 Å². The van der Waals surface area contributed by atoms with Gasteiger partial charge in [-0.2, -0.15) is 26.3 Å². The lowest BCUT2D eigenvalue weighted by atomic mass is 9.90. The first-order valence-electron chi connectivity index (χ1n) is 12.6. The van der Waals surface area contributed by atoms with Crippen LogP contribution in [0.5, 0.6) is 0 Å². The first kappa shape index (κ1) is 29.1. The largest absolute Gasteiger partial charge is 0.416 e. The molecule has 12 heteroatoms. The van der Waals surface area contributed by atoms with Crippen molar-refractivity contribution >= 4 is 6.03 Å². The number of urea groups is 1. The zero-order chi connectivity index (χ0) is 28.6. The second-order valence-corrected chi connectivity index (χ2v) is 10.4. The molecule has 0 aliphatic carbocycles. The van der Waals surface area contributed by atoms with Gasteiger partial charge in [0.2, 0.25) is 0 Å². The molecule has 2 saturated heterocycles. The van der Waals surface area contributed by atoms with E-state index in [4.69, 9.17) is 4.74 Å². The molecule has 0 saturated carbocycles. The van der Waals surface area contributed by atoms with Crippen molar-refractivity contribution in [3.63, 3.8) is 0 Å². The molecule has 2 heterocycles. The average molecular weight is 562 g/mol. The van der Waals surface area contributed by atoms with Crippen LogP contribution in [0.3, 0.4) is 0 Å². The molecule has 1 N–H and O–H groups in total. The quantitative estimate of drug-likeness (QED) is 0.411. The highest BCUT2D eigenvalue weighted by Crippen LogP contribution is 2.37. The van der Waals surface area contributed by atoms with Crippen molar-refractivity contribution in [1.29, 1.82) is 0 Å². The van der Waals surface area contributed by atoms with Gasteiger partial charge in [0, 0.05) is 25.2 Å². The number of hydrogen-bond acceptors (Lipinski definition) is 3. The summed E-state index contributed by atoms with van der Waals surface area (Å²) in [5.74, 6) is -0.499. The second kappa shape index (κ2) is 11.0. The maximum atomic E-state index is 13.7. The Morgan fingerprint density at radius 3 is 2.05 bits per heavy atom. The molecule has 0 spiro atoms. The minimum atomic E-state index is -4.98. The van der Waals surface area contributed by atoms with Gasteiger partial charge in [0.25, 0.3) is 0 Å². The van der Waals surface area contributed by atoms with Crippen LogP contribution in [-0.4, -0.2) is 54.2 Å². The fourth-order valence-electron chi connectivity index (χ4n) is 5.23. The van der Waals surface area contributed by atoms with Crippen molar-refractivity contribution in [3.8, 4) is 0 Å². The third kappa shape index (κ3) is 6.66. The summed E-state index contributed by atoms with van der Waals surface area (Å²) < 4.78 is 98.9. The number of amides is 2. The molecule has 2 fully saturated rings. The Bertz CT molecular complexity index is 1130. The summed E-state index contributed by atoms with van der Waals surface area (Å²) in [5.41, 5.74) is -3.84. The lowest BCUT2D eigenvalue weighted by molar-refractivity contribution is -0.143. The van der Waals surface area contributed by atoms with Crippen LogP contribution in [0, 0.1) is 5.82 Å². The van der Waals surface area contributed by atoms with Crippen LogP contribution in [0.2, 0.25) is 0 Å². The molecule has 2 amide bonds. The van der Waals surface area contributed by atoms with E-state index in [0.717, 1.165) is 25.9 Å². The van der Waals surface area contributed by atoms with Crippen molar-refractivity contribution in [1.82, 2.24) is 15.1 Å². The van der Waals surface area contributed by atoms with E-state index in [1.807, 2.05) is 0 Å². The molecule has 0 bridgehead atoms. The number of nitrogens with zero attached hydrogens (tertiary/aromatic N) is 2. The molecule has 0 aromatic heterocycles. The van der Waals surface area contributed by atoms with Gasteiger partial charge in [-0.15, -0.1) is 0 Å². The summed E-state index contributed by atoms with van der Waals surface area (Å²) in [5, 5.41) is 2.91. The molecule has 1 unspecified atom stereocenters. The third-order valence-corrected chi connectivity index (χ3v) is 7.38. The van der Waals surface area contributed by atoms with Crippen molar-refractivity contribution in [2.24, 2.45) is 0 Å². The molecule has 0 radical (unpaired) electrons. The number of carbonyl (C=O) groups excluding carboxylic acids is 1. The molecule has 39 heavy (non-hydrogen) atoms. The Balaban J connectivity index is 1.55. The van der Waals surface area contributed by atoms with Crippen LogP contribution in [-0.2, 0) is 29.2 Å². The van der Waals surface area contributed by atoms with Gasteiger partial charge in [0.05, 0.1) is 30.9 Å². The topological polar surface area (TPSA) is 44.8 Å². The predicted octanol–water partition coefficient (Wildman–Crippen LogP) is 6.17. The number of likely N-dealkylation sites (tertiary alicyclic amines) is 1. The number of halogens is 7. The Kier molecular flexibility index (Phi) is 8.18. The van der Waals surface area contributed by atoms with Crippen LogP contribution in [0.15, 0.2) is 42.5 Å². The van der Waals surface area contributed by atoms with Crippen LogP contribution in [0.25, 0.3) is 0 Å². The van der Waals surface area contributed by atoms with Crippen LogP contribution in [0.4, 0.5) is 35.5 Å². The lowest BCUT2D eigenvalue weighted by Crippen LogP contribution is -2.48. The summed E-state index contributed by atoms with van der Waals surface area (Å²) in [4.78, 5) is 17.1. The fourth-order valence-corrected chi connectivity index (χ4v) is 5.23. The molecule has 2 aromatic rings. The van der Waals surface area contributed by atoms with Gasteiger partial charge in [-0.25, -0.2) is 9.18 Å². The van der Waals surface area contributed by atoms with Gasteiger partial charge < -0.3 is 19.9 Å². The molecular weight excluding hydrogens is 531 g/mol. The summed E-state index contributed by atoms with van der Waals surface area (Å²) >= 11 is 0. The van der Waals surface area contributed by atoms with Crippen LogP contribution < -0.4 is 5.32 Å². The first-order valence-corrected chi connectivity index (χ1v) is 12.6. The monoisotopic (exact) mass is 561 g/mol. The van der Waals surface area contributed by atoms with Gasteiger partial charge in [0.1, 0.15) is 11.4 Å². The van der Waals surface area contributed by atoms with E-state index in [0.29, 0.717) is 23.7 Å². The average Bonchev–Trinajstić information content (AvgIpc) is 3.20. The highest BCUT2D eigenvalue weighted by molar-refractivity contribution is 5.79. The van der Waals surface area contributed by atoms with Crippen molar-refractivity contribution < 1.29 is 40.3 Å². The number of benzene rings is 2. The predicted molar refractivity (Wildman–Crippen MR) is 129 cm³/mol. The van der Waals surface area contributed by atoms with Gasteiger partial charge in [-0.1, -0.05) is 12.1 Å². The van der Waals surface area contributed by atoms with Crippen molar-refractivity contribution in [2.45, 2.75) is 63.3 Å². The van der Waals surface area contributed by atoms with Crippen LogP contribution >= 0.6 is 0 Å². The molecule has 214 valence electrons. The normalized spacial score (nSPS) is 21.6. The fraction of sp³-hybridized carbons (Fsp3) is 0.519. The van der Waals surface area contributed by atoms with E-state index < -0.39 is 41.4 Å². The maximum Gasteiger partial charge on any atom is 0.416 e. The van der Waals surface area contributed by atoms with Gasteiger partial charge >= 0.3 is 18.4 Å². The highest BCUT2D eigenvalue weighted by atomic mass is 19.4. The molecule has 2 aliphatic rings. The number of nitrogens with one attached hydrogen (secondary N) is 1. The Morgan fingerprint density at radius 2 is 1.54 bits per heavy atom.